The lowest BCUT2D eigenvalue weighted by atomic mass is 10.1. The second-order valence-corrected chi connectivity index (χ2v) is 5.64. The van der Waals surface area contributed by atoms with E-state index in [1.807, 2.05) is 77.2 Å². The molecule has 0 atom stereocenters. The van der Waals surface area contributed by atoms with E-state index in [2.05, 4.69) is 4.98 Å². The van der Waals surface area contributed by atoms with Gasteiger partial charge in [-0.15, -0.1) is 0 Å². The maximum Gasteiger partial charge on any atom is 0.290 e. The molecule has 0 saturated carbocycles. The largest absolute Gasteiger partial charge is 0.497 e. The number of halogens is 1. The Kier molecular flexibility index (Phi) is 4.24. The van der Waals surface area contributed by atoms with E-state index in [-0.39, 0.29) is 5.56 Å². The Morgan fingerprint density at radius 1 is 1.00 bits per heavy atom. The number of ether oxygens (including phenoxy) is 1. The van der Waals surface area contributed by atoms with Crippen LogP contribution in [-0.2, 0) is 0 Å². The van der Waals surface area contributed by atoms with Crippen molar-refractivity contribution in [3.8, 4) is 28.5 Å². The van der Waals surface area contributed by atoms with Gasteiger partial charge in [-0.1, -0.05) is 18.2 Å². The highest BCUT2D eigenvalue weighted by Crippen LogP contribution is 2.28. The molecule has 2 aromatic carbocycles. The van der Waals surface area contributed by atoms with Crippen LogP contribution in [0.25, 0.3) is 22.8 Å². The summed E-state index contributed by atoms with van der Waals surface area (Å²) >= 11 is 1.96. The normalized spacial score (nSPS) is 10.5. The van der Waals surface area contributed by atoms with Gasteiger partial charge in [0.2, 0.25) is 5.89 Å². The van der Waals surface area contributed by atoms with Crippen LogP contribution in [0.5, 0.6) is 5.75 Å². The van der Waals surface area contributed by atoms with Gasteiger partial charge in [-0.25, -0.2) is 0 Å². The molecule has 0 bridgehead atoms. The van der Waals surface area contributed by atoms with Crippen LogP contribution in [0, 0.1) is 3.57 Å². The Bertz CT molecular complexity index is 842. The summed E-state index contributed by atoms with van der Waals surface area (Å²) in [5.41, 5.74) is 1.28. The van der Waals surface area contributed by atoms with Crippen LogP contribution in [0.3, 0.4) is 0 Å². The molecule has 22 heavy (non-hydrogen) atoms. The van der Waals surface area contributed by atoms with Crippen LogP contribution in [0.1, 0.15) is 0 Å². The maximum atomic E-state index is 12.1. The Labute approximate surface area is 140 Å². The molecule has 0 aliphatic carbocycles. The number of aromatic nitrogens is 1. The molecule has 0 radical (unpaired) electrons. The smallest absolute Gasteiger partial charge is 0.290 e. The van der Waals surface area contributed by atoms with E-state index in [9.17, 15) is 4.79 Å². The molecule has 1 heterocycles. The summed E-state index contributed by atoms with van der Waals surface area (Å²) < 4.78 is 11.5. The molecule has 3 rings (SSSR count). The molecule has 0 fully saturated rings. The monoisotopic (exact) mass is 405 g/mol. The minimum absolute atomic E-state index is 0.295. The first-order valence-corrected chi connectivity index (χ1v) is 7.67. The fourth-order valence-electron chi connectivity index (χ4n) is 2.03. The molecule has 0 saturated heterocycles. The molecule has 5 heteroatoms. The first-order chi connectivity index (χ1) is 10.7. The van der Waals surface area contributed by atoms with Crippen LogP contribution in [0.15, 0.2) is 63.8 Å². The van der Waals surface area contributed by atoms with Gasteiger partial charge < -0.3 is 9.15 Å². The molecular formula is C17H12INO3. The van der Waals surface area contributed by atoms with Crippen LogP contribution in [-0.4, -0.2) is 12.1 Å². The summed E-state index contributed by atoms with van der Waals surface area (Å²) in [7, 11) is 1.61. The van der Waals surface area contributed by atoms with E-state index in [1.165, 1.54) is 0 Å². The van der Waals surface area contributed by atoms with Crippen molar-refractivity contribution in [2.45, 2.75) is 0 Å². The number of rotatable bonds is 3. The first kappa shape index (κ1) is 14.8. The highest BCUT2D eigenvalue weighted by Gasteiger charge is 2.14. The number of nitrogens with zero attached hydrogens (tertiary/aromatic N) is 1. The van der Waals surface area contributed by atoms with Gasteiger partial charge in [0, 0.05) is 11.1 Å². The van der Waals surface area contributed by atoms with Crippen molar-refractivity contribution in [1.29, 1.82) is 0 Å². The SMILES string of the molecule is COc1ccc(-c2oc(-c3ccccc3)nc(=O)c2I)cc1. The van der Waals surface area contributed by atoms with Gasteiger partial charge in [0.05, 0.1) is 7.11 Å². The van der Waals surface area contributed by atoms with E-state index in [0.29, 0.717) is 15.2 Å². The van der Waals surface area contributed by atoms with Crippen LogP contribution in [0.4, 0.5) is 0 Å². The number of benzene rings is 2. The van der Waals surface area contributed by atoms with E-state index >= 15 is 0 Å². The lowest BCUT2D eigenvalue weighted by Crippen LogP contribution is -2.12. The van der Waals surface area contributed by atoms with Gasteiger partial charge >= 0.3 is 0 Å². The third-order valence-electron chi connectivity index (χ3n) is 3.16. The summed E-state index contributed by atoms with van der Waals surface area (Å²) in [5, 5.41) is 0. The molecule has 1 aromatic heterocycles. The predicted molar refractivity (Wildman–Crippen MR) is 92.9 cm³/mol. The Hall–Kier alpha value is -2.15. The summed E-state index contributed by atoms with van der Waals surface area (Å²) in [5.74, 6) is 1.58. The minimum Gasteiger partial charge on any atom is -0.497 e. The van der Waals surface area contributed by atoms with Crippen molar-refractivity contribution in [3.63, 3.8) is 0 Å². The second-order valence-electron chi connectivity index (χ2n) is 4.56. The highest BCUT2D eigenvalue weighted by molar-refractivity contribution is 14.1. The molecule has 0 spiro atoms. The van der Waals surface area contributed by atoms with Gasteiger partial charge in [-0.2, -0.15) is 4.98 Å². The van der Waals surface area contributed by atoms with Gasteiger partial charge in [0.25, 0.3) is 5.56 Å². The van der Waals surface area contributed by atoms with Crippen molar-refractivity contribution in [2.24, 2.45) is 0 Å². The predicted octanol–water partition coefficient (Wildman–Crippen LogP) is 3.98. The van der Waals surface area contributed by atoms with Crippen LogP contribution < -0.4 is 10.3 Å². The van der Waals surface area contributed by atoms with Crippen molar-refractivity contribution in [2.75, 3.05) is 7.11 Å². The fraction of sp³-hybridized carbons (Fsp3) is 0.0588. The molecule has 0 unspecified atom stereocenters. The second kappa shape index (κ2) is 6.31. The lowest BCUT2D eigenvalue weighted by molar-refractivity contribution is 0.415. The van der Waals surface area contributed by atoms with Gasteiger partial charge in [-0.3, -0.25) is 4.79 Å². The van der Waals surface area contributed by atoms with E-state index in [1.54, 1.807) is 7.11 Å². The molecule has 4 nitrogen and oxygen atoms in total. The average Bonchev–Trinajstić information content (AvgIpc) is 2.58. The molecule has 3 aromatic rings. The van der Waals surface area contributed by atoms with Crippen molar-refractivity contribution in [1.82, 2.24) is 4.98 Å². The molecule has 110 valence electrons. The summed E-state index contributed by atoms with van der Waals surface area (Å²) in [6.45, 7) is 0. The van der Waals surface area contributed by atoms with Crippen molar-refractivity contribution < 1.29 is 9.15 Å². The summed E-state index contributed by atoms with van der Waals surface area (Å²) in [4.78, 5) is 16.1. The minimum atomic E-state index is -0.295. The molecule has 0 aliphatic heterocycles. The molecule has 0 amide bonds. The van der Waals surface area contributed by atoms with Crippen molar-refractivity contribution in [3.05, 3.63) is 68.5 Å². The third kappa shape index (κ3) is 2.89. The number of hydrogen-bond donors (Lipinski definition) is 0. The average molecular weight is 405 g/mol. The quantitative estimate of drug-likeness (QED) is 0.619. The van der Waals surface area contributed by atoms with Gasteiger partial charge in [-0.05, 0) is 59.0 Å². The summed E-state index contributed by atoms with van der Waals surface area (Å²) in [6.07, 6.45) is 0. The maximum absolute atomic E-state index is 12.1. The van der Waals surface area contributed by atoms with Crippen molar-refractivity contribution >= 4 is 22.6 Å². The topological polar surface area (TPSA) is 52.3 Å². The molecule has 0 N–H and O–H groups in total. The number of methoxy groups -OCH3 is 1. The Morgan fingerprint density at radius 2 is 1.68 bits per heavy atom. The van der Waals surface area contributed by atoms with Gasteiger partial charge in [0.15, 0.2) is 5.76 Å². The number of hydrogen-bond acceptors (Lipinski definition) is 4. The van der Waals surface area contributed by atoms with Crippen LogP contribution in [0.2, 0.25) is 0 Å². The van der Waals surface area contributed by atoms with Gasteiger partial charge in [0.1, 0.15) is 9.32 Å². The van der Waals surface area contributed by atoms with E-state index in [0.717, 1.165) is 16.9 Å². The van der Waals surface area contributed by atoms with E-state index in [4.69, 9.17) is 9.15 Å². The fourth-order valence-corrected chi connectivity index (χ4v) is 2.58. The third-order valence-corrected chi connectivity index (χ3v) is 4.11. The zero-order valence-electron chi connectivity index (χ0n) is 11.7. The first-order valence-electron chi connectivity index (χ1n) is 6.59. The van der Waals surface area contributed by atoms with E-state index < -0.39 is 0 Å². The summed E-state index contributed by atoms with van der Waals surface area (Å²) in [6, 6.07) is 16.7. The lowest BCUT2D eigenvalue weighted by Gasteiger charge is -2.07. The standard InChI is InChI=1S/C17H12INO3/c1-21-13-9-7-11(8-10-13)15-14(18)16(20)19-17(22-15)12-5-3-2-4-6-12/h2-10H,1H3. The Balaban J connectivity index is 2.14. The molecular weight excluding hydrogens is 393 g/mol. The Morgan fingerprint density at radius 3 is 2.32 bits per heavy atom. The highest BCUT2D eigenvalue weighted by atomic mass is 127. The zero-order valence-corrected chi connectivity index (χ0v) is 13.9. The molecule has 0 aliphatic rings. The zero-order chi connectivity index (χ0) is 15.5. The van der Waals surface area contributed by atoms with Crippen LogP contribution >= 0.6 is 22.6 Å².